The van der Waals surface area contributed by atoms with Crippen molar-refractivity contribution in [3.63, 3.8) is 0 Å². The molecule has 68 valence electrons. The van der Waals surface area contributed by atoms with E-state index in [1.807, 2.05) is 0 Å². The van der Waals surface area contributed by atoms with Crippen LogP contribution in [0.2, 0.25) is 0 Å². The molecule has 0 radical (unpaired) electrons. The molecular weight excluding hydrogens is 247 g/mol. The molecule has 2 N–H and O–H groups in total. The Morgan fingerprint density at radius 2 is 1.08 bits per heavy atom. The summed E-state index contributed by atoms with van der Waals surface area (Å²) in [5.41, 5.74) is 0. The molecular formula is C6H4CaCl2O4. The number of aliphatic hydroxyl groups excluding tert-OH is 2. The first-order chi connectivity index (χ1) is 5.46. The van der Waals surface area contributed by atoms with Crippen LogP contribution >= 0.6 is 23.2 Å². The van der Waals surface area contributed by atoms with E-state index in [0.717, 1.165) is 0 Å². The number of allylic oxidation sites excluding steroid dienone is 2. The Kier molecular flexibility index (Phi) is 4.75. The second-order valence-corrected chi connectivity index (χ2v) is 2.74. The first kappa shape index (κ1) is 13.3. The van der Waals surface area contributed by atoms with Gasteiger partial charge < -0.3 is 10.2 Å². The van der Waals surface area contributed by atoms with E-state index < -0.39 is 33.1 Å². The van der Waals surface area contributed by atoms with Crippen LogP contribution in [0, 0.1) is 0 Å². The molecule has 0 aromatic heterocycles. The molecule has 1 rings (SSSR count). The van der Waals surface area contributed by atoms with Crippen LogP contribution < -0.4 is 0 Å². The van der Waals surface area contributed by atoms with E-state index in [1.165, 1.54) is 0 Å². The normalized spacial score (nSPS) is 17.7. The van der Waals surface area contributed by atoms with Crippen LogP contribution in [0.15, 0.2) is 21.6 Å². The Labute approximate surface area is 113 Å². The summed E-state index contributed by atoms with van der Waals surface area (Å²) in [5.74, 6) is -3.99. The fraction of sp³-hybridized carbons (Fsp3) is 0. The van der Waals surface area contributed by atoms with Gasteiger partial charge in [-0.05, 0) is 0 Å². The van der Waals surface area contributed by atoms with E-state index in [2.05, 4.69) is 0 Å². The van der Waals surface area contributed by atoms with E-state index in [1.54, 1.807) is 0 Å². The first-order valence-electron chi connectivity index (χ1n) is 2.73. The van der Waals surface area contributed by atoms with Crippen molar-refractivity contribution in [2.24, 2.45) is 0 Å². The van der Waals surface area contributed by atoms with E-state index in [4.69, 9.17) is 33.4 Å². The maximum atomic E-state index is 10.8. The predicted octanol–water partition coefficient (Wildman–Crippen LogP) is 0.239. The molecule has 0 amide bonds. The molecule has 0 aromatic carbocycles. The summed E-state index contributed by atoms with van der Waals surface area (Å²) in [7, 11) is 0. The van der Waals surface area contributed by atoms with Gasteiger partial charge in [0.1, 0.15) is 10.1 Å². The Morgan fingerprint density at radius 1 is 0.846 bits per heavy atom. The van der Waals surface area contributed by atoms with Gasteiger partial charge in [-0.1, -0.05) is 23.2 Å². The van der Waals surface area contributed by atoms with Gasteiger partial charge in [0, 0.05) is 0 Å². The van der Waals surface area contributed by atoms with Crippen LogP contribution in [0.25, 0.3) is 0 Å². The number of hydrogen-bond acceptors (Lipinski definition) is 4. The molecule has 0 heterocycles. The summed E-state index contributed by atoms with van der Waals surface area (Å²) in [6.45, 7) is 0. The molecule has 0 fully saturated rings. The van der Waals surface area contributed by atoms with Crippen LogP contribution in [-0.2, 0) is 9.59 Å². The Bertz CT molecular complexity index is 283. The first-order valence-corrected chi connectivity index (χ1v) is 3.49. The third kappa shape index (κ3) is 2.19. The number of rotatable bonds is 0. The quantitative estimate of drug-likeness (QED) is 0.477. The summed E-state index contributed by atoms with van der Waals surface area (Å²) in [6, 6.07) is 0. The Morgan fingerprint density at radius 3 is 1.31 bits per heavy atom. The van der Waals surface area contributed by atoms with E-state index in [9.17, 15) is 9.59 Å². The van der Waals surface area contributed by atoms with Crippen LogP contribution in [0.1, 0.15) is 0 Å². The standard InChI is InChI=1S/C6H2Cl2O4.Ca.2H/c7-1-3(9)5(11)2(8)6(12)4(1)10;;;/h9,12H;;;. The van der Waals surface area contributed by atoms with Gasteiger partial charge in [0.05, 0.1) is 0 Å². The number of carbonyl (C=O) groups excluding carboxylic acids is 2. The van der Waals surface area contributed by atoms with Gasteiger partial charge >= 0.3 is 37.7 Å². The zero-order chi connectivity index (χ0) is 9.46. The fourth-order valence-corrected chi connectivity index (χ4v) is 0.973. The van der Waals surface area contributed by atoms with Crippen LogP contribution in [0.3, 0.4) is 0 Å². The minimum absolute atomic E-state index is 0. The number of halogens is 2. The average molecular weight is 251 g/mol. The third-order valence-corrected chi connectivity index (χ3v) is 1.95. The molecule has 13 heavy (non-hydrogen) atoms. The van der Waals surface area contributed by atoms with Gasteiger partial charge in [-0.25, -0.2) is 0 Å². The van der Waals surface area contributed by atoms with E-state index in [-0.39, 0.29) is 37.7 Å². The molecule has 0 saturated heterocycles. The second kappa shape index (κ2) is 4.66. The summed E-state index contributed by atoms with van der Waals surface area (Å²) in [4.78, 5) is 21.6. The fourth-order valence-electron chi connectivity index (χ4n) is 0.622. The second-order valence-electron chi connectivity index (χ2n) is 1.98. The molecule has 4 nitrogen and oxygen atoms in total. The zero-order valence-corrected chi connectivity index (χ0v) is 6.98. The maximum absolute atomic E-state index is 10.8. The van der Waals surface area contributed by atoms with Gasteiger partial charge in [-0.15, -0.1) is 0 Å². The van der Waals surface area contributed by atoms with Gasteiger partial charge in [0.2, 0.25) is 11.6 Å². The third-order valence-electron chi connectivity index (χ3n) is 1.24. The van der Waals surface area contributed by atoms with E-state index >= 15 is 0 Å². The summed E-state index contributed by atoms with van der Waals surface area (Å²) in [5, 5.41) is 16.3. The summed E-state index contributed by atoms with van der Waals surface area (Å²) in [6.07, 6.45) is 0. The molecule has 0 saturated carbocycles. The Hall–Kier alpha value is 0.260. The molecule has 0 bridgehead atoms. The van der Waals surface area contributed by atoms with Crippen molar-refractivity contribution < 1.29 is 19.8 Å². The summed E-state index contributed by atoms with van der Waals surface area (Å²) < 4.78 is 0. The van der Waals surface area contributed by atoms with Gasteiger partial charge in [-0.3, -0.25) is 9.59 Å². The van der Waals surface area contributed by atoms with Crippen LogP contribution in [0.5, 0.6) is 0 Å². The Balaban J connectivity index is 0.00000144. The molecule has 7 heteroatoms. The topological polar surface area (TPSA) is 74.6 Å². The van der Waals surface area contributed by atoms with Crippen LogP contribution in [0.4, 0.5) is 0 Å². The van der Waals surface area contributed by atoms with Crippen molar-refractivity contribution in [2.75, 3.05) is 0 Å². The van der Waals surface area contributed by atoms with Gasteiger partial charge in [0.15, 0.2) is 11.5 Å². The molecule has 0 spiro atoms. The molecule has 1 aliphatic carbocycles. The van der Waals surface area contributed by atoms with Gasteiger partial charge in [-0.2, -0.15) is 0 Å². The van der Waals surface area contributed by atoms with Crippen molar-refractivity contribution in [2.45, 2.75) is 0 Å². The summed E-state index contributed by atoms with van der Waals surface area (Å²) >= 11 is 10.4. The number of ketones is 2. The molecule has 0 atom stereocenters. The van der Waals surface area contributed by atoms with Crippen LogP contribution in [-0.4, -0.2) is 59.5 Å². The number of Topliss-reactive ketones (excluding diaryl/α,β-unsaturated/α-hetero) is 2. The molecule has 0 aromatic rings. The van der Waals surface area contributed by atoms with Crippen molar-refractivity contribution in [3.05, 3.63) is 21.6 Å². The predicted molar refractivity (Wildman–Crippen MR) is 49.6 cm³/mol. The van der Waals surface area contributed by atoms with Crippen molar-refractivity contribution in [3.8, 4) is 0 Å². The number of carbonyl (C=O) groups is 2. The average Bonchev–Trinajstić information content (AvgIpc) is 2.08. The zero-order valence-electron chi connectivity index (χ0n) is 5.47. The van der Waals surface area contributed by atoms with Gasteiger partial charge in [0.25, 0.3) is 0 Å². The molecule has 0 aliphatic heterocycles. The molecule has 1 aliphatic rings. The number of hydrogen-bond donors (Lipinski definition) is 2. The van der Waals surface area contributed by atoms with E-state index in [0.29, 0.717) is 0 Å². The number of aliphatic hydroxyl groups is 2. The SMILES string of the molecule is O=C1C(O)=C(Cl)C(=O)C(O)=C1Cl.[CaH2]. The van der Waals surface area contributed by atoms with Crippen molar-refractivity contribution >= 4 is 72.5 Å². The van der Waals surface area contributed by atoms with Crippen molar-refractivity contribution in [1.29, 1.82) is 0 Å². The molecule has 0 unspecified atom stereocenters. The minimum atomic E-state index is -1.06. The van der Waals surface area contributed by atoms with Crippen molar-refractivity contribution in [1.82, 2.24) is 0 Å². The monoisotopic (exact) mass is 250 g/mol.